The van der Waals surface area contributed by atoms with Gasteiger partial charge in [0.05, 0.1) is 23.4 Å². The lowest BCUT2D eigenvalue weighted by Crippen LogP contribution is -2.41. The second-order valence-electron chi connectivity index (χ2n) is 7.02. The summed E-state index contributed by atoms with van der Waals surface area (Å²) in [6, 6.07) is 5.32. The van der Waals surface area contributed by atoms with Gasteiger partial charge in [0.25, 0.3) is 5.91 Å². The van der Waals surface area contributed by atoms with Crippen molar-refractivity contribution in [1.29, 1.82) is 0 Å². The highest BCUT2D eigenvalue weighted by atomic mass is 16.6. The van der Waals surface area contributed by atoms with Gasteiger partial charge < -0.3 is 19.9 Å². The molecule has 1 saturated heterocycles. The summed E-state index contributed by atoms with van der Waals surface area (Å²) >= 11 is 0. The van der Waals surface area contributed by atoms with Crippen molar-refractivity contribution in [3.8, 4) is 0 Å². The van der Waals surface area contributed by atoms with Crippen LogP contribution < -0.4 is 5.32 Å². The number of fused-ring (bicyclic) bond motifs is 1. The molecule has 2 aromatic rings. The van der Waals surface area contributed by atoms with E-state index in [9.17, 15) is 9.59 Å². The van der Waals surface area contributed by atoms with Crippen LogP contribution in [0.5, 0.6) is 0 Å². The lowest BCUT2D eigenvalue weighted by molar-refractivity contribution is 0.0502. The number of hydrogen-bond acceptors (Lipinski definition) is 4. The van der Waals surface area contributed by atoms with E-state index in [1.54, 1.807) is 23.4 Å². The summed E-state index contributed by atoms with van der Waals surface area (Å²) < 4.78 is 5.25. The van der Waals surface area contributed by atoms with Crippen molar-refractivity contribution in [2.75, 3.05) is 13.1 Å². The fourth-order valence-electron chi connectivity index (χ4n) is 2.79. The van der Waals surface area contributed by atoms with Gasteiger partial charge in [-0.25, -0.2) is 9.78 Å². The second kappa shape index (κ2) is 6.14. The number of aromatic nitrogens is 2. The number of nitrogens with zero attached hydrogens (tertiary/aromatic N) is 2. The second-order valence-corrected chi connectivity index (χ2v) is 7.02. The minimum absolute atomic E-state index is 0.0417. The molecule has 3 rings (SSSR count). The van der Waals surface area contributed by atoms with Crippen LogP contribution >= 0.6 is 0 Å². The Kier molecular flexibility index (Phi) is 4.17. The standard InChI is InChI=1S/C17H22N4O3/c1-17(2,3)24-16(23)20-12-6-7-21(9-12)15(22)11-4-5-13-14(8-11)19-10-18-13/h4-5,8,10,12H,6-7,9H2,1-3H3,(H,18,19)(H,20,23)/t12-/m1/s1. The summed E-state index contributed by atoms with van der Waals surface area (Å²) in [6.45, 7) is 6.56. The van der Waals surface area contributed by atoms with Gasteiger partial charge in [0.1, 0.15) is 5.60 Å². The first-order valence-corrected chi connectivity index (χ1v) is 8.04. The SMILES string of the molecule is CC(C)(C)OC(=O)N[C@@H]1CCN(C(=O)c2ccc3nc[nH]c3c2)C1. The zero-order chi connectivity index (χ0) is 17.3. The Morgan fingerprint density at radius 2 is 2.17 bits per heavy atom. The number of ether oxygens (including phenoxy) is 1. The average Bonchev–Trinajstić information content (AvgIpc) is 3.12. The number of likely N-dealkylation sites (tertiary alicyclic amines) is 1. The van der Waals surface area contributed by atoms with E-state index >= 15 is 0 Å². The van der Waals surface area contributed by atoms with Crippen LogP contribution in [0.4, 0.5) is 4.79 Å². The Balaban J connectivity index is 1.60. The van der Waals surface area contributed by atoms with Gasteiger partial charge in [-0.3, -0.25) is 4.79 Å². The van der Waals surface area contributed by atoms with Crippen molar-refractivity contribution in [1.82, 2.24) is 20.2 Å². The summed E-state index contributed by atoms with van der Waals surface area (Å²) in [5, 5.41) is 2.83. The molecule has 1 aromatic carbocycles. The molecule has 1 aromatic heterocycles. The quantitative estimate of drug-likeness (QED) is 0.884. The molecular weight excluding hydrogens is 308 g/mol. The summed E-state index contributed by atoms with van der Waals surface area (Å²) in [7, 11) is 0. The average molecular weight is 330 g/mol. The Hall–Kier alpha value is -2.57. The van der Waals surface area contributed by atoms with E-state index in [4.69, 9.17) is 4.74 Å². The van der Waals surface area contributed by atoms with Gasteiger partial charge in [-0.05, 0) is 45.4 Å². The number of alkyl carbamates (subject to hydrolysis) is 1. The van der Waals surface area contributed by atoms with E-state index in [2.05, 4.69) is 15.3 Å². The van der Waals surface area contributed by atoms with Crippen LogP contribution in [0, 0.1) is 0 Å². The maximum absolute atomic E-state index is 12.6. The molecular formula is C17H22N4O3. The topological polar surface area (TPSA) is 87.3 Å². The first-order valence-electron chi connectivity index (χ1n) is 8.04. The molecule has 128 valence electrons. The van der Waals surface area contributed by atoms with Gasteiger partial charge in [0, 0.05) is 18.7 Å². The molecule has 0 unspecified atom stereocenters. The number of rotatable bonds is 2. The third-order valence-corrected chi connectivity index (χ3v) is 3.86. The molecule has 2 heterocycles. The predicted molar refractivity (Wildman–Crippen MR) is 89.8 cm³/mol. The number of carbonyl (C=O) groups excluding carboxylic acids is 2. The summed E-state index contributed by atoms with van der Waals surface area (Å²) in [6.07, 6.45) is 1.88. The van der Waals surface area contributed by atoms with Crippen molar-refractivity contribution in [2.45, 2.75) is 38.8 Å². The van der Waals surface area contributed by atoms with Crippen LogP contribution in [-0.4, -0.2) is 51.6 Å². The number of aromatic amines is 1. The van der Waals surface area contributed by atoms with Crippen molar-refractivity contribution in [3.63, 3.8) is 0 Å². The normalized spacial score (nSPS) is 18.0. The lowest BCUT2D eigenvalue weighted by Gasteiger charge is -2.22. The number of imidazole rings is 1. The highest BCUT2D eigenvalue weighted by molar-refractivity contribution is 5.97. The molecule has 0 radical (unpaired) electrons. The van der Waals surface area contributed by atoms with Gasteiger partial charge in [-0.15, -0.1) is 0 Å². The Labute approximate surface area is 140 Å². The van der Waals surface area contributed by atoms with Gasteiger partial charge >= 0.3 is 6.09 Å². The summed E-state index contributed by atoms with van der Waals surface area (Å²) in [5.74, 6) is -0.0417. The lowest BCUT2D eigenvalue weighted by atomic mass is 10.2. The predicted octanol–water partition coefficient (Wildman–Crippen LogP) is 2.30. The van der Waals surface area contributed by atoms with E-state index < -0.39 is 11.7 Å². The number of carbonyl (C=O) groups is 2. The summed E-state index contributed by atoms with van der Waals surface area (Å²) in [4.78, 5) is 33.4. The highest BCUT2D eigenvalue weighted by Crippen LogP contribution is 2.17. The molecule has 0 bridgehead atoms. The maximum Gasteiger partial charge on any atom is 0.407 e. The molecule has 2 N–H and O–H groups in total. The molecule has 24 heavy (non-hydrogen) atoms. The molecule has 2 amide bonds. The van der Waals surface area contributed by atoms with Crippen LogP contribution in [0.15, 0.2) is 24.5 Å². The smallest absolute Gasteiger partial charge is 0.407 e. The van der Waals surface area contributed by atoms with Gasteiger partial charge in [0.2, 0.25) is 0 Å². The maximum atomic E-state index is 12.6. The van der Waals surface area contributed by atoms with Crippen molar-refractivity contribution in [2.24, 2.45) is 0 Å². The van der Waals surface area contributed by atoms with E-state index in [-0.39, 0.29) is 11.9 Å². The van der Waals surface area contributed by atoms with E-state index in [0.717, 1.165) is 17.5 Å². The van der Waals surface area contributed by atoms with Crippen LogP contribution in [0.2, 0.25) is 0 Å². The molecule has 7 heteroatoms. The molecule has 1 aliphatic heterocycles. The third kappa shape index (κ3) is 3.67. The third-order valence-electron chi connectivity index (χ3n) is 3.86. The Morgan fingerprint density at radius 3 is 2.92 bits per heavy atom. The Bertz CT molecular complexity index is 763. The van der Waals surface area contributed by atoms with E-state index in [1.165, 1.54) is 0 Å². The number of nitrogens with one attached hydrogen (secondary N) is 2. The van der Waals surface area contributed by atoms with Crippen LogP contribution in [0.25, 0.3) is 11.0 Å². The molecule has 1 aliphatic rings. The Morgan fingerprint density at radius 1 is 1.38 bits per heavy atom. The number of hydrogen-bond donors (Lipinski definition) is 2. The molecule has 1 fully saturated rings. The van der Waals surface area contributed by atoms with E-state index in [0.29, 0.717) is 18.7 Å². The molecule has 0 saturated carbocycles. The number of benzene rings is 1. The van der Waals surface area contributed by atoms with Crippen molar-refractivity contribution in [3.05, 3.63) is 30.1 Å². The minimum Gasteiger partial charge on any atom is -0.444 e. The van der Waals surface area contributed by atoms with Crippen molar-refractivity contribution < 1.29 is 14.3 Å². The molecule has 1 atom stereocenters. The fourth-order valence-corrected chi connectivity index (χ4v) is 2.79. The van der Waals surface area contributed by atoms with Crippen LogP contribution in [-0.2, 0) is 4.74 Å². The minimum atomic E-state index is -0.530. The summed E-state index contributed by atoms with van der Waals surface area (Å²) in [5.41, 5.74) is 1.75. The fraction of sp³-hybridized carbons (Fsp3) is 0.471. The first-order chi connectivity index (χ1) is 11.3. The van der Waals surface area contributed by atoms with Gasteiger partial charge in [0.15, 0.2) is 0 Å². The monoisotopic (exact) mass is 330 g/mol. The van der Waals surface area contributed by atoms with Gasteiger partial charge in [-0.1, -0.05) is 0 Å². The molecule has 7 nitrogen and oxygen atoms in total. The molecule has 0 aliphatic carbocycles. The van der Waals surface area contributed by atoms with E-state index in [1.807, 2.05) is 26.8 Å². The zero-order valence-corrected chi connectivity index (χ0v) is 14.1. The first kappa shape index (κ1) is 16.3. The van der Waals surface area contributed by atoms with Crippen LogP contribution in [0.1, 0.15) is 37.6 Å². The molecule has 0 spiro atoms. The van der Waals surface area contributed by atoms with Crippen LogP contribution in [0.3, 0.4) is 0 Å². The number of amides is 2. The zero-order valence-electron chi connectivity index (χ0n) is 14.1. The van der Waals surface area contributed by atoms with Crippen molar-refractivity contribution >= 4 is 23.0 Å². The highest BCUT2D eigenvalue weighted by Gasteiger charge is 2.29. The number of H-pyrrole nitrogens is 1. The largest absolute Gasteiger partial charge is 0.444 e. The van der Waals surface area contributed by atoms with Gasteiger partial charge in [-0.2, -0.15) is 0 Å².